The maximum absolute atomic E-state index is 12.5. The second-order valence-corrected chi connectivity index (χ2v) is 4.85. The molecule has 0 radical (unpaired) electrons. The van der Waals surface area contributed by atoms with Crippen LogP contribution in [0.4, 0.5) is 0 Å². The van der Waals surface area contributed by atoms with Crippen molar-refractivity contribution < 1.29 is 9.53 Å². The van der Waals surface area contributed by atoms with Gasteiger partial charge in [-0.2, -0.15) is 0 Å². The van der Waals surface area contributed by atoms with Crippen molar-refractivity contribution in [3.05, 3.63) is 35.4 Å². The topological polar surface area (TPSA) is 55.6 Å². The molecule has 0 bridgehead atoms. The minimum Gasteiger partial charge on any atom is -0.377 e. The van der Waals surface area contributed by atoms with Crippen LogP contribution in [0.25, 0.3) is 0 Å². The lowest BCUT2D eigenvalue weighted by Gasteiger charge is -2.38. The quantitative estimate of drug-likeness (QED) is 0.860. The largest absolute Gasteiger partial charge is 0.377 e. The molecule has 4 heteroatoms. The molecule has 0 aromatic heterocycles. The molecule has 1 fully saturated rings. The summed E-state index contributed by atoms with van der Waals surface area (Å²) in [5.41, 5.74) is 7.30. The fourth-order valence-electron chi connectivity index (χ4n) is 2.34. The standard InChI is InChI=1S/C14H20N2O2/c1-10-8-18-9-11(2)16(10)14(17)13-5-3-12(7-15)4-6-13/h3-6,10-11H,7-9,15H2,1-2H3. The molecular formula is C14H20N2O2. The van der Waals surface area contributed by atoms with E-state index >= 15 is 0 Å². The van der Waals surface area contributed by atoms with E-state index in [9.17, 15) is 4.79 Å². The maximum atomic E-state index is 12.5. The van der Waals surface area contributed by atoms with Gasteiger partial charge in [-0.25, -0.2) is 0 Å². The van der Waals surface area contributed by atoms with E-state index in [0.29, 0.717) is 25.3 Å². The molecule has 1 heterocycles. The van der Waals surface area contributed by atoms with E-state index < -0.39 is 0 Å². The van der Waals surface area contributed by atoms with Gasteiger partial charge in [0.15, 0.2) is 0 Å². The van der Waals surface area contributed by atoms with Gasteiger partial charge in [-0.1, -0.05) is 12.1 Å². The SMILES string of the molecule is CC1COCC(C)N1C(=O)c1ccc(CN)cc1. The van der Waals surface area contributed by atoms with Gasteiger partial charge in [0.05, 0.1) is 25.3 Å². The highest BCUT2D eigenvalue weighted by Gasteiger charge is 2.30. The highest BCUT2D eigenvalue weighted by atomic mass is 16.5. The van der Waals surface area contributed by atoms with E-state index in [2.05, 4.69) is 0 Å². The number of hydrogen-bond acceptors (Lipinski definition) is 3. The van der Waals surface area contributed by atoms with Crippen molar-refractivity contribution >= 4 is 5.91 Å². The van der Waals surface area contributed by atoms with E-state index in [1.54, 1.807) is 0 Å². The molecule has 2 atom stereocenters. The van der Waals surface area contributed by atoms with Crippen molar-refractivity contribution in [1.82, 2.24) is 4.90 Å². The molecule has 1 aromatic rings. The number of morpholine rings is 1. The Bertz CT molecular complexity index is 406. The van der Waals surface area contributed by atoms with Crippen molar-refractivity contribution in [3.63, 3.8) is 0 Å². The fourth-order valence-corrected chi connectivity index (χ4v) is 2.34. The second-order valence-electron chi connectivity index (χ2n) is 4.85. The number of rotatable bonds is 2. The van der Waals surface area contributed by atoms with Crippen molar-refractivity contribution in [3.8, 4) is 0 Å². The molecule has 1 saturated heterocycles. The molecule has 1 aliphatic rings. The number of nitrogens with zero attached hydrogens (tertiary/aromatic N) is 1. The summed E-state index contributed by atoms with van der Waals surface area (Å²) in [6.07, 6.45) is 0. The molecule has 2 unspecified atom stereocenters. The van der Waals surface area contributed by atoms with Crippen molar-refractivity contribution in [2.75, 3.05) is 13.2 Å². The van der Waals surface area contributed by atoms with Crippen LogP contribution in [0.2, 0.25) is 0 Å². The van der Waals surface area contributed by atoms with Gasteiger partial charge in [0.25, 0.3) is 5.91 Å². The first-order chi connectivity index (χ1) is 8.63. The number of nitrogens with two attached hydrogens (primary N) is 1. The smallest absolute Gasteiger partial charge is 0.254 e. The van der Waals surface area contributed by atoms with E-state index in [0.717, 1.165) is 5.56 Å². The third kappa shape index (κ3) is 2.54. The molecule has 2 rings (SSSR count). The molecule has 4 nitrogen and oxygen atoms in total. The first-order valence-corrected chi connectivity index (χ1v) is 6.33. The summed E-state index contributed by atoms with van der Waals surface area (Å²) in [5.74, 6) is 0.0712. The normalized spacial score (nSPS) is 24.1. The Morgan fingerprint density at radius 3 is 2.33 bits per heavy atom. The minimum atomic E-state index is 0.0712. The van der Waals surface area contributed by atoms with E-state index in [-0.39, 0.29) is 18.0 Å². The number of benzene rings is 1. The molecule has 1 amide bonds. The highest BCUT2D eigenvalue weighted by Crippen LogP contribution is 2.17. The molecule has 0 aliphatic carbocycles. The Balaban J connectivity index is 2.18. The van der Waals surface area contributed by atoms with Crippen LogP contribution in [-0.4, -0.2) is 36.1 Å². The number of hydrogen-bond donors (Lipinski definition) is 1. The Morgan fingerprint density at radius 1 is 1.28 bits per heavy atom. The average Bonchev–Trinajstić information content (AvgIpc) is 2.38. The molecule has 0 saturated carbocycles. The third-order valence-electron chi connectivity index (χ3n) is 3.34. The summed E-state index contributed by atoms with van der Waals surface area (Å²) in [6, 6.07) is 7.75. The summed E-state index contributed by atoms with van der Waals surface area (Å²) >= 11 is 0. The van der Waals surface area contributed by atoms with E-state index in [4.69, 9.17) is 10.5 Å². The zero-order valence-electron chi connectivity index (χ0n) is 10.9. The Hall–Kier alpha value is -1.39. The predicted octanol–water partition coefficient (Wildman–Crippen LogP) is 1.39. The number of carbonyl (C=O) groups excluding carboxylic acids is 1. The lowest BCUT2D eigenvalue weighted by Crippen LogP contribution is -2.52. The van der Waals surface area contributed by atoms with Crippen molar-refractivity contribution in [2.45, 2.75) is 32.5 Å². The molecule has 2 N–H and O–H groups in total. The summed E-state index contributed by atoms with van der Waals surface area (Å²) < 4.78 is 5.44. The van der Waals surface area contributed by atoms with Crippen LogP contribution in [0.5, 0.6) is 0 Å². The second kappa shape index (κ2) is 5.50. The van der Waals surface area contributed by atoms with Crippen LogP contribution in [0.3, 0.4) is 0 Å². The van der Waals surface area contributed by atoms with Gasteiger partial charge in [-0.3, -0.25) is 4.79 Å². The van der Waals surface area contributed by atoms with Crippen LogP contribution in [-0.2, 0) is 11.3 Å². The van der Waals surface area contributed by atoms with Gasteiger partial charge < -0.3 is 15.4 Å². The van der Waals surface area contributed by atoms with Crippen LogP contribution in [0.1, 0.15) is 29.8 Å². The van der Waals surface area contributed by atoms with Gasteiger partial charge in [-0.05, 0) is 31.5 Å². The molecular weight excluding hydrogens is 228 g/mol. The van der Waals surface area contributed by atoms with Gasteiger partial charge in [0.1, 0.15) is 0 Å². The first-order valence-electron chi connectivity index (χ1n) is 6.33. The van der Waals surface area contributed by atoms with Crippen LogP contribution >= 0.6 is 0 Å². The van der Waals surface area contributed by atoms with Crippen LogP contribution in [0, 0.1) is 0 Å². The van der Waals surface area contributed by atoms with E-state index in [1.165, 1.54) is 0 Å². The van der Waals surface area contributed by atoms with E-state index in [1.807, 2.05) is 43.0 Å². The third-order valence-corrected chi connectivity index (χ3v) is 3.34. The number of amides is 1. The maximum Gasteiger partial charge on any atom is 0.254 e. The summed E-state index contributed by atoms with van der Waals surface area (Å²) in [4.78, 5) is 14.4. The van der Waals surface area contributed by atoms with Gasteiger partial charge >= 0.3 is 0 Å². The fraction of sp³-hybridized carbons (Fsp3) is 0.500. The monoisotopic (exact) mass is 248 g/mol. The van der Waals surface area contributed by atoms with Crippen LogP contribution < -0.4 is 5.73 Å². The van der Waals surface area contributed by atoms with Crippen molar-refractivity contribution in [1.29, 1.82) is 0 Å². The van der Waals surface area contributed by atoms with Gasteiger partial charge in [-0.15, -0.1) is 0 Å². The zero-order valence-corrected chi connectivity index (χ0v) is 10.9. The van der Waals surface area contributed by atoms with Gasteiger partial charge in [0.2, 0.25) is 0 Å². The van der Waals surface area contributed by atoms with Gasteiger partial charge in [0, 0.05) is 12.1 Å². The average molecular weight is 248 g/mol. The Morgan fingerprint density at radius 2 is 1.83 bits per heavy atom. The number of ether oxygens (including phenoxy) is 1. The lowest BCUT2D eigenvalue weighted by molar-refractivity contribution is -0.0249. The zero-order chi connectivity index (χ0) is 13.1. The molecule has 1 aromatic carbocycles. The first kappa shape index (κ1) is 13.1. The molecule has 18 heavy (non-hydrogen) atoms. The molecule has 0 spiro atoms. The van der Waals surface area contributed by atoms with Crippen molar-refractivity contribution in [2.24, 2.45) is 5.73 Å². The molecule has 98 valence electrons. The predicted molar refractivity (Wildman–Crippen MR) is 70.2 cm³/mol. The summed E-state index contributed by atoms with van der Waals surface area (Å²) in [5, 5.41) is 0. The number of carbonyl (C=O) groups is 1. The lowest BCUT2D eigenvalue weighted by atomic mass is 10.1. The highest BCUT2D eigenvalue weighted by molar-refractivity contribution is 5.94. The van der Waals surface area contributed by atoms with Crippen LogP contribution in [0.15, 0.2) is 24.3 Å². The Kier molecular flexibility index (Phi) is 3.99. The summed E-state index contributed by atoms with van der Waals surface area (Å²) in [7, 11) is 0. The summed E-state index contributed by atoms with van der Waals surface area (Å²) in [6.45, 7) is 5.75. The minimum absolute atomic E-state index is 0.0712. The Labute approximate surface area is 108 Å². The molecule has 1 aliphatic heterocycles.